The van der Waals surface area contributed by atoms with Gasteiger partial charge in [-0.3, -0.25) is 0 Å². The van der Waals surface area contributed by atoms with Crippen molar-refractivity contribution in [2.75, 3.05) is 0 Å². The zero-order valence-corrected chi connectivity index (χ0v) is 37.0. The minimum atomic E-state index is 0.576. The van der Waals surface area contributed by atoms with Gasteiger partial charge in [-0.25, -0.2) is 15.0 Å². The van der Waals surface area contributed by atoms with Gasteiger partial charge in [0.1, 0.15) is 22.3 Å². The molecule has 0 aliphatic carbocycles. The topological polar surface area (TPSA) is 69.9 Å². The SMILES string of the molecule is c1ccc(-c2ccc(-c3nc(-c4ccccc4)nc(-c4cccc5oc6c(-c7ccc8oc9ccc(-n%10c%11ccccc%11c%11cc(-c%12ccccc%12)ccc%11%10)cc9c8c7)cccc6c45)n3)cc2)cc1. The molecule has 0 saturated heterocycles. The van der Waals surface area contributed by atoms with Crippen molar-refractivity contribution < 1.29 is 8.83 Å². The van der Waals surface area contributed by atoms with Crippen molar-refractivity contribution >= 4 is 65.7 Å². The molecule has 4 heterocycles. The van der Waals surface area contributed by atoms with Crippen LogP contribution in [0.2, 0.25) is 0 Å². The van der Waals surface area contributed by atoms with Crippen molar-refractivity contribution in [3.63, 3.8) is 0 Å². The van der Waals surface area contributed by atoms with Crippen molar-refractivity contribution in [3.05, 3.63) is 231 Å². The molecule has 0 bridgehead atoms. The van der Waals surface area contributed by atoms with Gasteiger partial charge < -0.3 is 13.4 Å². The van der Waals surface area contributed by atoms with Crippen LogP contribution in [0.4, 0.5) is 0 Å². The fraction of sp³-hybridized carbons (Fsp3) is 0. The Labute approximate surface area is 396 Å². The third-order valence-electron chi connectivity index (χ3n) is 13.5. The number of hydrogen-bond acceptors (Lipinski definition) is 5. The van der Waals surface area contributed by atoms with E-state index in [4.69, 9.17) is 23.8 Å². The van der Waals surface area contributed by atoms with E-state index in [1.807, 2.05) is 48.5 Å². The predicted octanol–water partition coefficient (Wildman–Crippen LogP) is 16.8. The number of hydrogen-bond donors (Lipinski definition) is 0. The van der Waals surface area contributed by atoms with Gasteiger partial charge in [0.05, 0.1) is 11.0 Å². The quantitative estimate of drug-likeness (QED) is 0.159. The predicted molar refractivity (Wildman–Crippen MR) is 281 cm³/mol. The maximum Gasteiger partial charge on any atom is 0.164 e. The van der Waals surface area contributed by atoms with Crippen LogP contribution in [0.1, 0.15) is 0 Å². The van der Waals surface area contributed by atoms with E-state index in [0.29, 0.717) is 17.5 Å². The first-order valence-electron chi connectivity index (χ1n) is 23.2. The van der Waals surface area contributed by atoms with Gasteiger partial charge in [0, 0.05) is 60.3 Å². The van der Waals surface area contributed by atoms with E-state index in [1.54, 1.807) is 0 Å². The molecule has 69 heavy (non-hydrogen) atoms. The molecule has 0 fully saturated rings. The molecule has 0 spiro atoms. The Morgan fingerprint density at radius 3 is 1.58 bits per heavy atom. The fourth-order valence-electron chi connectivity index (χ4n) is 10.2. The van der Waals surface area contributed by atoms with Crippen LogP contribution in [0.3, 0.4) is 0 Å². The van der Waals surface area contributed by atoms with Crippen molar-refractivity contribution in [1.82, 2.24) is 19.5 Å². The van der Waals surface area contributed by atoms with Gasteiger partial charge in [-0.15, -0.1) is 0 Å². The molecule has 322 valence electrons. The van der Waals surface area contributed by atoms with E-state index < -0.39 is 0 Å². The number of benzene rings is 10. The number of fused-ring (bicyclic) bond motifs is 9. The van der Waals surface area contributed by atoms with Crippen LogP contribution in [0.25, 0.3) is 139 Å². The van der Waals surface area contributed by atoms with Crippen LogP contribution in [0.5, 0.6) is 0 Å². The molecule has 14 aromatic rings. The van der Waals surface area contributed by atoms with Crippen LogP contribution in [-0.2, 0) is 0 Å². The largest absolute Gasteiger partial charge is 0.456 e. The summed E-state index contributed by atoms with van der Waals surface area (Å²) in [6.07, 6.45) is 0. The Morgan fingerprint density at radius 1 is 0.290 bits per heavy atom. The number of furan rings is 2. The van der Waals surface area contributed by atoms with E-state index in [-0.39, 0.29) is 0 Å². The highest BCUT2D eigenvalue weighted by Crippen LogP contribution is 2.43. The number of nitrogens with zero attached hydrogens (tertiary/aromatic N) is 4. The van der Waals surface area contributed by atoms with Crippen LogP contribution in [0, 0.1) is 0 Å². The minimum Gasteiger partial charge on any atom is -0.456 e. The Balaban J connectivity index is 0.889. The summed E-state index contributed by atoms with van der Waals surface area (Å²) in [4.78, 5) is 15.3. The summed E-state index contributed by atoms with van der Waals surface area (Å²) in [5.74, 6) is 1.78. The van der Waals surface area contributed by atoms with E-state index in [0.717, 1.165) is 99.5 Å². The van der Waals surface area contributed by atoms with Gasteiger partial charge >= 0.3 is 0 Å². The molecular weight excluding hydrogens is 845 g/mol. The molecule has 10 aromatic carbocycles. The van der Waals surface area contributed by atoms with Gasteiger partial charge in [0.2, 0.25) is 0 Å². The molecule has 4 aromatic heterocycles. The van der Waals surface area contributed by atoms with Gasteiger partial charge in [0.15, 0.2) is 17.5 Å². The summed E-state index contributed by atoms with van der Waals surface area (Å²) in [5.41, 5.74) is 16.0. The smallest absolute Gasteiger partial charge is 0.164 e. The third kappa shape index (κ3) is 6.45. The lowest BCUT2D eigenvalue weighted by molar-refractivity contribution is 0.668. The average molecular weight is 883 g/mol. The summed E-state index contributed by atoms with van der Waals surface area (Å²) in [5, 5.41) is 6.45. The van der Waals surface area contributed by atoms with Crippen molar-refractivity contribution in [3.8, 4) is 73.2 Å². The summed E-state index contributed by atoms with van der Waals surface area (Å²) >= 11 is 0. The van der Waals surface area contributed by atoms with E-state index in [1.165, 1.54) is 21.9 Å². The fourth-order valence-corrected chi connectivity index (χ4v) is 10.2. The van der Waals surface area contributed by atoms with Gasteiger partial charge in [-0.2, -0.15) is 0 Å². The molecule has 6 nitrogen and oxygen atoms in total. The average Bonchev–Trinajstić information content (AvgIpc) is 4.10. The lowest BCUT2D eigenvalue weighted by atomic mass is 9.99. The molecule has 14 rings (SSSR count). The third-order valence-corrected chi connectivity index (χ3v) is 13.5. The molecule has 0 unspecified atom stereocenters. The highest BCUT2D eigenvalue weighted by molar-refractivity contribution is 6.16. The second-order valence-corrected chi connectivity index (χ2v) is 17.5. The van der Waals surface area contributed by atoms with Crippen LogP contribution < -0.4 is 0 Å². The lowest BCUT2D eigenvalue weighted by Gasteiger charge is -2.10. The molecule has 0 atom stereocenters. The second-order valence-electron chi connectivity index (χ2n) is 17.5. The molecule has 0 radical (unpaired) electrons. The first-order chi connectivity index (χ1) is 34.2. The highest BCUT2D eigenvalue weighted by atomic mass is 16.3. The van der Waals surface area contributed by atoms with Crippen LogP contribution in [-0.4, -0.2) is 19.5 Å². The highest BCUT2D eigenvalue weighted by Gasteiger charge is 2.21. The molecule has 0 saturated carbocycles. The van der Waals surface area contributed by atoms with Gasteiger partial charge in [0.25, 0.3) is 0 Å². The Morgan fingerprint density at radius 2 is 0.812 bits per heavy atom. The molecule has 0 aliphatic rings. The van der Waals surface area contributed by atoms with Gasteiger partial charge in [-0.05, 0) is 82.4 Å². The maximum absolute atomic E-state index is 6.85. The Kier molecular flexibility index (Phi) is 8.79. The zero-order chi connectivity index (χ0) is 45.4. The van der Waals surface area contributed by atoms with E-state index in [9.17, 15) is 0 Å². The summed E-state index contributed by atoms with van der Waals surface area (Å²) in [6, 6.07) is 80.4. The maximum atomic E-state index is 6.85. The first-order valence-corrected chi connectivity index (χ1v) is 23.2. The van der Waals surface area contributed by atoms with Crippen LogP contribution >= 0.6 is 0 Å². The zero-order valence-electron chi connectivity index (χ0n) is 37.0. The minimum absolute atomic E-state index is 0.576. The standard InChI is InChI=1S/C63H38N4O2/c1-4-14-39(15-5-1)41-26-28-43(29-27-41)62-64-61(42-18-8-3-9-19-42)65-63(66-62)50-23-13-25-58-59(50)49-22-12-21-47(60(49)69-58)45-31-34-56-52(37-45)53-38-46(32-35-57(53)68-56)67-54-24-11-10-20-48(54)51-36-44(30-33-55(51)67)40-16-6-2-7-17-40/h1-38H. The Bertz CT molecular complexity index is 4290. The lowest BCUT2D eigenvalue weighted by Crippen LogP contribution is -2.00. The molecule has 0 N–H and O–H groups in total. The second kappa shape index (κ2) is 15.6. The first kappa shape index (κ1) is 38.8. The number of rotatable bonds is 7. The molecule has 6 heteroatoms. The van der Waals surface area contributed by atoms with Crippen molar-refractivity contribution in [1.29, 1.82) is 0 Å². The van der Waals surface area contributed by atoms with Crippen molar-refractivity contribution in [2.45, 2.75) is 0 Å². The summed E-state index contributed by atoms with van der Waals surface area (Å²) < 4.78 is 15.7. The number of aromatic nitrogens is 4. The summed E-state index contributed by atoms with van der Waals surface area (Å²) in [6.45, 7) is 0. The Hall–Kier alpha value is -9.39. The normalized spacial score (nSPS) is 11.8. The van der Waals surface area contributed by atoms with E-state index >= 15 is 0 Å². The number of para-hydroxylation sites is 2. The van der Waals surface area contributed by atoms with Gasteiger partial charge in [-0.1, -0.05) is 176 Å². The molecule has 0 aliphatic heterocycles. The molecule has 0 amide bonds. The monoisotopic (exact) mass is 882 g/mol. The molecular formula is C63H38N4O2. The van der Waals surface area contributed by atoms with Crippen LogP contribution in [0.15, 0.2) is 239 Å². The summed E-state index contributed by atoms with van der Waals surface area (Å²) in [7, 11) is 0. The van der Waals surface area contributed by atoms with E-state index in [2.05, 4.69) is 187 Å². The van der Waals surface area contributed by atoms with Crippen molar-refractivity contribution in [2.24, 2.45) is 0 Å².